The monoisotopic (exact) mass is 223 g/mol. The summed E-state index contributed by atoms with van der Waals surface area (Å²) in [5, 5.41) is 3.99. The van der Waals surface area contributed by atoms with Crippen LogP contribution in [0.2, 0.25) is 0 Å². The Morgan fingerprint density at radius 2 is 2.00 bits per heavy atom. The van der Waals surface area contributed by atoms with Gasteiger partial charge in [-0.1, -0.05) is 0 Å². The molecule has 88 valence electrons. The van der Waals surface area contributed by atoms with Gasteiger partial charge >= 0.3 is 0 Å². The summed E-state index contributed by atoms with van der Waals surface area (Å²) in [5.74, 6) is 1.61. The van der Waals surface area contributed by atoms with Gasteiger partial charge in [-0.05, 0) is 25.7 Å². The fourth-order valence-corrected chi connectivity index (χ4v) is 3.18. The van der Waals surface area contributed by atoms with Crippen LogP contribution in [-0.4, -0.2) is 33.8 Å². The van der Waals surface area contributed by atoms with Gasteiger partial charge in [0.1, 0.15) is 0 Å². The van der Waals surface area contributed by atoms with E-state index in [0.29, 0.717) is 23.8 Å². The number of hydrogen-bond donors (Lipinski definition) is 0. The molecule has 0 spiro atoms. The first-order chi connectivity index (χ1) is 7.59. The predicted molar refractivity (Wildman–Crippen MR) is 59.6 cm³/mol. The second-order valence-electron chi connectivity index (χ2n) is 5.40. The third kappa shape index (κ3) is 1.32. The van der Waals surface area contributed by atoms with E-state index < -0.39 is 0 Å². The number of rotatable bonds is 2. The van der Waals surface area contributed by atoms with Crippen LogP contribution in [0.3, 0.4) is 0 Å². The molecular formula is C12H18FN3. The van der Waals surface area contributed by atoms with Crippen molar-refractivity contribution in [2.45, 2.75) is 25.8 Å². The first kappa shape index (κ1) is 10.3. The van der Waals surface area contributed by atoms with Gasteiger partial charge in [-0.15, -0.1) is 0 Å². The van der Waals surface area contributed by atoms with E-state index in [1.165, 1.54) is 6.20 Å². The van der Waals surface area contributed by atoms with Gasteiger partial charge in [0.05, 0.1) is 11.9 Å². The first-order valence-corrected chi connectivity index (χ1v) is 6.01. The Morgan fingerprint density at radius 3 is 2.44 bits per heavy atom. The Hall–Kier alpha value is -0.900. The largest absolute Gasteiger partial charge is 0.300 e. The molecule has 0 amide bonds. The highest BCUT2D eigenvalue weighted by Crippen LogP contribution is 2.58. The molecule has 1 aromatic rings. The van der Waals surface area contributed by atoms with Crippen molar-refractivity contribution in [3.63, 3.8) is 0 Å². The number of fused-ring (bicyclic) bond motifs is 1. The lowest BCUT2D eigenvalue weighted by atomic mass is 10.1. The van der Waals surface area contributed by atoms with Crippen LogP contribution >= 0.6 is 0 Å². The van der Waals surface area contributed by atoms with Gasteiger partial charge in [0.25, 0.3) is 0 Å². The smallest absolute Gasteiger partial charge is 0.164 e. The third-order valence-electron chi connectivity index (χ3n) is 4.21. The predicted octanol–water partition coefficient (Wildman–Crippen LogP) is 1.61. The van der Waals surface area contributed by atoms with Crippen LogP contribution in [0.4, 0.5) is 4.39 Å². The van der Waals surface area contributed by atoms with Crippen molar-refractivity contribution in [2.24, 2.45) is 18.9 Å². The standard InChI is InChI=1S/C12H18FN3/c1-7(2)16-5-8-9(6-16)11(8)12-10(13)4-14-15(12)3/h4,7-9,11H,5-6H2,1-3H3. The van der Waals surface area contributed by atoms with Crippen molar-refractivity contribution in [3.8, 4) is 0 Å². The maximum Gasteiger partial charge on any atom is 0.164 e. The summed E-state index contributed by atoms with van der Waals surface area (Å²) in [7, 11) is 1.84. The summed E-state index contributed by atoms with van der Waals surface area (Å²) in [6, 6.07) is 0.616. The van der Waals surface area contributed by atoms with Crippen LogP contribution in [-0.2, 0) is 7.05 Å². The average Bonchev–Trinajstić information content (AvgIpc) is 2.63. The van der Waals surface area contributed by atoms with E-state index in [-0.39, 0.29) is 5.82 Å². The van der Waals surface area contributed by atoms with E-state index in [1.54, 1.807) is 4.68 Å². The molecule has 16 heavy (non-hydrogen) atoms. The Balaban J connectivity index is 1.75. The van der Waals surface area contributed by atoms with E-state index in [9.17, 15) is 4.39 Å². The normalized spacial score (nSPS) is 33.4. The van der Waals surface area contributed by atoms with Crippen molar-refractivity contribution < 1.29 is 4.39 Å². The maximum atomic E-state index is 13.6. The van der Waals surface area contributed by atoms with E-state index in [2.05, 4.69) is 23.8 Å². The highest BCUT2D eigenvalue weighted by atomic mass is 19.1. The van der Waals surface area contributed by atoms with Crippen LogP contribution in [0.25, 0.3) is 0 Å². The Bertz CT molecular complexity index is 381. The van der Waals surface area contributed by atoms with Gasteiger partial charge in [-0.2, -0.15) is 5.10 Å². The van der Waals surface area contributed by atoms with Gasteiger partial charge in [-0.25, -0.2) is 4.39 Å². The van der Waals surface area contributed by atoms with Crippen LogP contribution in [0.15, 0.2) is 6.20 Å². The lowest BCUT2D eigenvalue weighted by Crippen LogP contribution is -2.31. The molecule has 1 saturated heterocycles. The number of aryl methyl sites for hydroxylation is 1. The van der Waals surface area contributed by atoms with Crippen molar-refractivity contribution in [1.29, 1.82) is 0 Å². The topological polar surface area (TPSA) is 21.1 Å². The minimum absolute atomic E-state index is 0.127. The summed E-state index contributed by atoms with van der Waals surface area (Å²) < 4.78 is 15.3. The maximum absolute atomic E-state index is 13.6. The lowest BCUT2D eigenvalue weighted by molar-refractivity contribution is 0.241. The molecule has 1 aliphatic carbocycles. The second kappa shape index (κ2) is 3.29. The van der Waals surface area contributed by atoms with Crippen LogP contribution < -0.4 is 0 Å². The first-order valence-electron chi connectivity index (χ1n) is 6.01. The molecule has 4 heteroatoms. The fraction of sp³-hybridized carbons (Fsp3) is 0.750. The molecule has 1 saturated carbocycles. The van der Waals surface area contributed by atoms with Crippen LogP contribution in [0.5, 0.6) is 0 Å². The molecule has 0 aromatic carbocycles. The fourth-order valence-electron chi connectivity index (χ4n) is 3.18. The van der Waals surface area contributed by atoms with Gasteiger partial charge in [0.15, 0.2) is 5.82 Å². The van der Waals surface area contributed by atoms with E-state index in [4.69, 9.17) is 0 Å². The van der Waals surface area contributed by atoms with Gasteiger partial charge in [0.2, 0.25) is 0 Å². The number of aromatic nitrogens is 2. The molecule has 1 aromatic heterocycles. The van der Waals surface area contributed by atoms with Gasteiger partial charge in [-0.3, -0.25) is 4.68 Å². The second-order valence-corrected chi connectivity index (χ2v) is 5.40. The zero-order valence-electron chi connectivity index (χ0n) is 10.0. The molecule has 3 nitrogen and oxygen atoms in total. The average molecular weight is 223 g/mol. The molecule has 0 radical (unpaired) electrons. The molecule has 2 atom stereocenters. The summed E-state index contributed by atoms with van der Waals surface area (Å²) in [6.45, 7) is 6.70. The Morgan fingerprint density at radius 1 is 1.38 bits per heavy atom. The molecule has 2 heterocycles. The van der Waals surface area contributed by atoms with E-state index in [1.807, 2.05) is 7.05 Å². The van der Waals surface area contributed by atoms with Crippen LogP contribution in [0, 0.1) is 17.7 Å². The number of piperidine rings is 1. The summed E-state index contributed by atoms with van der Waals surface area (Å²) in [4.78, 5) is 2.49. The number of nitrogens with zero attached hydrogens (tertiary/aromatic N) is 3. The minimum atomic E-state index is -0.127. The quantitative estimate of drug-likeness (QED) is 0.759. The molecule has 0 N–H and O–H groups in total. The van der Waals surface area contributed by atoms with Crippen molar-refractivity contribution in [2.75, 3.05) is 13.1 Å². The SMILES string of the molecule is CC(C)N1CC2C(C1)C2c1c(F)cnn1C. The number of halogens is 1. The van der Waals surface area contributed by atoms with E-state index in [0.717, 1.165) is 18.8 Å². The zero-order valence-corrected chi connectivity index (χ0v) is 10.0. The van der Waals surface area contributed by atoms with E-state index >= 15 is 0 Å². The molecule has 2 aliphatic rings. The summed E-state index contributed by atoms with van der Waals surface area (Å²) in [5.41, 5.74) is 0.818. The molecule has 2 fully saturated rings. The molecule has 1 aliphatic heterocycles. The van der Waals surface area contributed by atoms with Crippen molar-refractivity contribution >= 4 is 0 Å². The molecule has 2 unspecified atom stereocenters. The Kier molecular flexibility index (Phi) is 2.11. The van der Waals surface area contributed by atoms with Gasteiger partial charge in [0, 0.05) is 32.1 Å². The summed E-state index contributed by atoms with van der Waals surface area (Å²) >= 11 is 0. The van der Waals surface area contributed by atoms with Crippen LogP contribution in [0.1, 0.15) is 25.5 Å². The zero-order chi connectivity index (χ0) is 11.4. The highest BCUT2D eigenvalue weighted by molar-refractivity contribution is 5.26. The molecule has 3 rings (SSSR count). The van der Waals surface area contributed by atoms with Crippen molar-refractivity contribution in [3.05, 3.63) is 17.7 Å². The number of hydrogen-bond acceptors (Lipinski definition) is 2. The van der Waals surface area contributed by atoms with Gasteiger partial charge < -0.3 is 4.90 Å². The number of likely N-dealkylation sites (tertiary alicyclic amines) is 1. The highest BCUT2D eigenvalue weighted by Gasteiger charge is 2.58. The Labute approximate surface area is 95.2 Å². The third-order valence-corrected chi connectivity index (χ3v) is 4.21. The minimum Gasteiger partial charge on any atom is -0.300 e. The molecular weight excluding hydrogens is 205 g/mol. The summed E-state index contributed by atoms with van der Waals surface area (Å²) in [6.07, 6.45) is 1.34. The van der Waals surface area contributed by atoms with Crippen molar-refractivity contribution in [1.82, 2.24) is 14.7 Å². The lowest BCUT2D eigenvalue weighted by Gasteiger charge is -2.23. The molecule has 0 bridgehead atoms.